The van der Waals surface area contributed by atoms with Crippen LogP contribution in [0.5, 0.6) is 5.75 Å². The molecule has 0 spiro atoms. The highest BCUT2D eigenvalue weighted by atomic mass is 79.9. The number of fused-ring (bicyclic) bond motifs is 1. The van der Waals surface area contributed by atoms with E-state index in [1.54, 1.807) is 49.6 Å². The molecule has 0 aliphatic carbocycles. The summed E-state index contributed by atoms with van der Waals surface area (Å²) in [6.07, 6.45) is 1.42. The Morgan fingerprint density at radius 1 is 1.08 bits per heavy atom. The van der Waals surface area contributed by atoms with Crippen LogP contribution in [-0.4, -0.2) is 15.5 Å². The molecule has 1 aromatic heterocycles. The van der Waals surface area contributed by atoms with Crippen molar-refractivity contribution in [2.45, 2.75) is 4.90 Å². The molecule has 128 valence electrons. The Hall–Kier alpha value is -2.38. The predicted octanol–water partition coefficient (Wildman–Crippen LogP) is 4.01. The Labute approximate surface area is 152 Å². The lowest BCUT2D eigenvalue weighted by Gasteiger charge is -2.02. The number of hydrogen-bond donors (Lipinski definition) is 0. The molecule has 1 heterocycles. The van der Waals surface area contributed by atoms with Crippen molar-refractivity contribution >= 4 is 42.8 Å². The van der Waals surface area contributed by atoms with Gasteiger partial charge in [-0.1, -0.05) is 28.1 Å². The van der Waals surface area contributed by atoms with E-state index in [1.807, 2.05) is 0 Å². The zero-order chi connectivity index (χ0) is 18.0. The van der Waals surface area contributed by atoms with Gasteiger partial charge in [0, 0.05) is 15.3 Å². The van der Waals surface area contributed by atoms with Gasteiger partial charge in [-0.3, -0.25) is 0 Å². The molecule has 0 amide bonds. The van der Waals surface area contributed by atoms with Gasteiger partial charge < -0.3 is 9.15 Å². The topological polar surface area (TPSA) is 73.6 Å². The van der Waals surface area contributed by atoms with Crippen LogP contribution < -0.4 is 10.4 Å². The largest absolute Gasteiger partial charge is 0.497 e. The van der Waals surface area contributed by atoms with Crippen LogP contribution in [0.1, 0.15) is 5.56 Å². The van der Waals surface area contributed by atoms with E-state index in [9.17, 15) is 13.2 Å². The van der Waals surface area contributed by atoms with Crippen LogP contribution >= 0.6 is 15.9 Å². The summed E-state index contributed by atoms with van der Waals surface area (Å²) in [6.45, 7) is 0. The number of halogens is 1. The summed E-state index contributed by atoms with van der Waals surface area (Å²) in [5.74, 6) is 0.667. The van der Waals surface area contributed by atoms with Crippen molar-refractivity contribution in [3.63, 3.8) is 0 Å². The van der Waals surface area contributed by atoms with Gasteiger partial charge in [-0.05, 0) is 48.0 Å². The number of ether oxygens (including phenoxy) is 1. The minimum atomic E-state index is -3.94. The lowest BCUT2D eigenvalue weighted by molar-refractivity contribution is 0.415. The molecule has 0 aliphatic heterocycles. The van der Waals surface area contributed by atoms with Gasteiger partial charge in [0.05, 0.1) is 7.11 Å². The van der Waals surface area contributed by atoms with Crippen molar-refractivity contribution in [1.29, 1.82) is 0 Å². The summed E-state index contributed by atoms with van der Waals surface area (Å²) in [7, 11) is -2.39. The van der Waals surface area contributed by atoms with Gasteiger partial charge in [0.2, 0.25) is 9.84 Å². The molecule has 25 heavy (non-hydrogen) atoms. The van der Waals surface area contributed by atoms with E-state index in [1.165, 1.54) is 12.1 Å². The van der Waals surface area contributed by atoms with Crippen molar-refractivity contribution in [2.24, 2.45) is 0 Å². The highest BCUT2D eigenvalue weighted by Crippen LogP contribution is 2.22. The van der Waals surface area contributed by atoms with Gasteiger partial charge in [0.15, 0.2) is 4.90 Å². The van der Waals surface area contributed by atoms with E-state index in [2.05, 4.69) is 15.9 Å². The van der Waals surface area contributed by atoms with Crippen LogP contribution in [-0.2, 0) is 9.84 Å². The van der Waals surface area contributed by atoms with Crippen LogP contribution in [0, 0.1) is 0 Å². The van der Waals surface area contributed by atoms with Crippen LogP contribution in [0.2, 0.25) is 0 Å². The summed E-state index contributed by atoms with van der Waals surface area (Å²) < 4.78 is 35.9. The zero-order valence-corrected chi connectivity index (χ0v) is 15.5. The van der Waals surface area contributed by atoms with Gasteiger partial charge in [0.1, 0.15) is 11.3 Å². The second-order valence-corrected chi connectivity index (χ2v) is 7.92. The van der Waals surface area contributed by atoms with E-state index >= 15 is 0 Å². The summed E-state index contributed by atoms with van der Waals surface area (Å²) in [5, 5.41) is 1.51. The van der Waals surface area contributed by atoms with E-state index in [-0.39, 0.29) is 0 Å². The molecule has 0 unspecified atom stereocenters. The van der Waals surface area contributed by atoms with Crippen LogP contribution in [0.15, 0.2) is 72.5 Å². The summed E-state index contributed by atoms with van der Waals surface area (Å²) in [6, 6.07) is 13.2. The average Bonchev–Trinajstić information content (AvgIpc) is 2.60. The van der Waals surface area contributed by atoms with Crippen molar-refractivity contribution in [3.05, 3.63) is 74.4 Å². The number of rotatable bonds is 4. The fourth-order valence-electron chi connectivity index (χ4n) is 2.23. The van der Waals surface area contributed by atoms with Crippen molar-refractivity contribution in [3.8, 4) is 5.75 Å². The molecule has 0 aliphatic rings. The zero-order valence-electron chi connectivity index (χ0n) is 13.1. The smallest absolute Gasteiger partial charge is 0.355 e. The summed E-state index contributed by atoms with van der Waals surface area (Å²) in [4.78, 5) is 11.7. The van der Waals surface area contributed by atoms with E-state index in [0.717, 1.165) is 9.88 Å². The van der Waals surface area contributed by atoms with E-state index in [4.69, 9.17) is 9.15 Å². The molecule has 5 nitrogen and oxygen atoms in total. The minimum Gasteiger partial charge on any atom is -0.497 e. The monoisotopic (exact) mass is 420 g/mol. The first-order chi connectivity index (χ1) is 11.9. The molecule has 0 bridgehead atoms. The van der Waals surface area contributed by atoms with Gasteiger partial charge in [-0.2, -0.15) is 0 Å². The highest BCUT2D eigenvalue weighted by molar-refractivity contribution is 9.10. The maximum Gasteiger partial charge on any atom is 0.355 e. The van der Waals surface area contributed by atoms with Gasteiger partial charge in [-0.25, -0.2) is 13.2 Å². The molecular formula is C18H13BrO5S. The lowest BCUT2D eigenvalue weighted by atomic mass is 10.2. The highest BCUT2D eigenvalue weighted by Gasteiger charge is 2.18. The minimum absolute atomic E-state index is 0.325. The maximum atomic E-state index is 12.5. The summed E-state index contributed by atoms with van der Waals surface area (Å²) in [5.41, 5.74) is 0.0952. The maximum absolute atomic E-state index is 12.5. The van der Waals surface area contributed by atoms with E-state index < -0.39 is 20.4 Å². The fourth-order valence-corrected chi connectivity index (χ4v) is 3.66. The lowest BCUT2D eigenvalue weighted by Crippen LogP contribution is -2.11. The Kier molecular flexibility index (Phi) is 4.78. The average molecular weight is 421 g/mol. The predicted molar refractivity (Wildman–Crippen MR) is 99.4 cm³/mol. The second-order valence-electron chi connectivity index (χ2n) is 5.20. The number of hydrogen-bond acceptors (Lipinski definition) is 5. The normalized spacial score (nSPS) is 11.9. The molecule has 3 rings (SSSR count). The van der Waals surface area contributed by atoms with Gasteiger partial charge in [-0.15, -0.1) is 0 Å². The van der Waals surface area contributed by atoms with Gasteiger partial charge in [0.25, 0.3) is 0 Å². The summed E-state index contributed by atoms with van der Waals surface area (Å²) >= 11 is 3.31. The molecule has 0 radical (unpaired) electrons. The van der Waals surface area contributed by atoms with Crippen molar-refractivity contribution in [1.82, 2.24) is 0 Å². The Bertz CT molecular complexity index is 1110. The molecule has 0 fully saturated rings. The third kappa shape index (κ3) is 3.83. The molecule has 0 atom stereocenters. The first-order valence-corrected chi connectivity index (χ1v) is 9.53. The molecular weight excluding hydrogens is 408 g/mol. The van der Waals surface area contributed by atoms with E-state index in [0.29, 0.717) is 22.3 Å². The number of methoxy groups -OCH3 is 1. The number of sulfone groups is 1. The van der Waals surface area contributed by atoms with Gasteiger partial charge >= 0.3 is 5.63 Å². The Morgan fingerprint density at radius 3 is 2.48 bits per heavy atom. The quantitative estimate of drug-likeness (QED) is 0.596. The molecule has 0 N–H and O–H groups in total. The molecule has 2 aromatic carbocycles. The van der Waals surface area contributed by atoms with Crippen LogP contribution in [0.4, 0.5) is 0 Å². The molecule has 0 saturated heterocycles. The van der Waals surface area contributed by atoms with Crippen molar-refractivity contribution in [2.75, 3.05) is 7.11 Å². The first-order valence-electron chi connectivity index (χ1n) is 7.20. The molecule has 0 saturated carbocycles. The SMILES string of the molecule is COc1ccc(/C=C/S(=O)(=O)c2cc3cc(Br)ccc3oc2=O)cc1. The fraction of sp³-hybridized carbons (Fsp3) is 0.0556. The Balaban J connectivity index is 2.01. The van der Waals surface area contributed by atoms with Crippen molar-refractivity contribution < 1.29 is 17.6 Å². The van der Waals surface area contributed by atoms with Crippen LogP contribution in [0.25, 0.3) is 17.0 Å². The third-order valence-electron chi connectivity index (χ3n) is 3.52. The Morgan fingerprint density at radius 2 is 1.80 bits per heavy atom. The number of benzene rings is 2. The second kappa shape index (κ2) is 6.85. The third-order valence-corrected chi connectivity index (χ3v) is 5.41. The van der Waals surface area contributed by atoms with Crippen LogP contribution in [0.3, 0.4) is 0 Å². The first kappa shape index (κ1) is 17.4. The molecule has 7 heteroatoms. The standard InChI is InChI=1S/C18H13BrO5S/c1-23-15-5-2-12(3-6-15)8-9-25(21,22)17-11-13-10-14(19)4-7-16(13)24-18(17)20/h2-11H,1H3/b9-8+. The molecule has 3 aromatic rings.